The van der Waals surface area contributed by atoms with Gasteiger partial charge in [-0.3, -0.25) is 4.79 Å². The Balaban J connectivity index is 1.43. The van der Waals surface area contributed by atoms with Crippen molar-refractivity contribution < 1.29 is 24.1 Å². The number of methoxy groups -OCH3 is 1. The summed E-state index contributed by atoms with van der Waals surface area (Å²) < 4.78 is 17.3. The molecule has 0 spiro atoms. The minimum absolute atomic E-state index is 0.0154. The smallest absolute Gasteiger partial charge is 0.220 e. The molecule has 7 nitrogen and oxygen atoms in total. The van der Waals surface area contributed by atoms with Crippen LogP contribution in [0.2, 0.25) is 0 Å². The molecule has 7 heteroatoms. The van der Waals surface area contributed by atoms with Crippen LogP contribution in [0.3, 0.4) is 0 Å². The fraction of sp³-hybridized carbons (Fsp3) is 0.720. The summed E-state index contributed by atoms with van der Waals surface area (Å²) in [5, 5.41) is 14.0. The number of nitrogens with two attached hydrogens (primary N) is 1. The number of carbonyl (C=O) groups excluding carboxylic acids is 1. The van der Waals surface area contributed by atoms with Crippen LogP contribution in [0.15, 0.2) is 24.3 Å². The maximum Gasteiger partial charge on any atom is 0.220 e. The monoisotopic (exact) mass is 446 g/mol. The van der Waals surface area contributed by atoms with Crippen molar-refractivity contribution in [2.45, 2.75) is 71.0 Å². The number of aliphatic hydroxyl groups excluding tert-OH is 1. The standard InChI is InChI=1S/C25H38N2O5/c1-24-11-10-21-25(2,15-31-23(13-26)32-21)20(24)9-8-19(28)18(24)12-22(29)27-14-16-4-6-17(30-3)7-5-16/h4-7,18-21,23,28H,8-15,26H2,1-3H3,(H,27,29)/t18-,19-,20?,21-,23-,24+,25+/m1/s1. The van der Waals surface area contributed by atoms with E-state index in [1.807, 2.05) is 24.3 Å². The summed E-state index contributed by atoms with van der Waals surface area (Å²) in [7, 11) is 1.64. The first-order valence-corrected chi connectivity index (χ1v) is 11.8. The van der Waals surface area contributed by atoms with E-state index in [2.05, 4.69) is 19.2 Å². The molecule has 2 saturated carbocycles. The first-order valence-electron chi connectivity index (χ1n) is 11.8. The van der Waals surface area contributed by atoms with Crippen molar-refractivity contribution in [2.24, 2.45) is 28.4 Å². The molecule has 3 aliphatic rings. The number of amides is 1. The van der Waals surface area contributed by atoms with Crippen LogP contribution in [-0.4, -0.2) is 49.8 Å². The Kier molecular flexibility index (Phi) is 6.82. The summed E-state index contributed by atoms with van der Waals surface area (Å²) in [5.41, 5.74) is 6.53. The molecule has 1 aromatic carbocycles. The third kappa shape index (κ3) is 4.28. The minimum Gasteiger partial charge on any atom is -0.497 e. The zero-order chi connectivity index (χ0) is 22.9. The highest BCUT2D eigenvalue weighted by molar-refractivity contribution is 5.76. The quantitative estimate of drug-likeness (QED) is 0.621. The number of rotatable bonds is 6. The Morgan fingerprint density at radius 1 is 1.22 bits per heavy atom. The van der Waals surface area contributed by atoms with Gasteiger partial charge < -0.3 is 30.4 Å². The topological polar surface area (TPSA) is 103 Å². The van der Waals surface area contributed by atoms with Gasteiger partial charge in [0.2, 0.25) is 5.91 Å². The van der Waals surface area contributed by atoms with E-state index in [-0.39, 0.29) is 35.0 Å². The molecular weight excluding hydrogens is 408 g/mol. The van der Waals surface area contributed by atoms with Crippen LogP contribution in [0.5, 0.6) is 5.75 Å². The van der Waals surface area contributed by atoms with Gasteiger partial charge in [-0.2, -0.15) is 0 Å². The number of carbonyl (C=O) groups is 1. The summed E-state index contributed by atoms with van der Waals surface area (Å²) in [4.78, 5) is 12.9. The maximum absolute atomic E-state index is 12.9. The van der Waals surface area contributed by atoms with Crippen molar-refractivity contribution in [3.05, 3.63) is 29.8 Å². The van der Waals surface area contributed by atoms with Gasteiger partial charge in [-0.15, -0.1) is 0 Å². The van der Waals surface area contributed by atoms with Crippen molar-refractivity contribution in [1.82, 2.24) is 5.32 Å². The van der Waals surface area contributed by atoms with Crippen LogP contribution in [0.1, 0.15) is 51.5 Å². The molecule has 0 aromatic heterocycles. The van der Waals surface area contributed by atoms with Crippen LogP contribution >= 0.6 is 0 Å². The molecule has 0 radical (unpaired) electrons. The molecule has 3 fully saturated rings. The third-order valence-corrected chi connectivity index (χ3v) is 8.48. The second-order valence-electron chi connectivity index (χ2n) is 10.3. The SMILES string of the molecule is COc1ccc(CNC(=O)C[C@@H]2[C@H](O)CCC3[C@]4(C)CO[C@@H](CN)O[C@@H]4CC[C@]32C)cc1. The van der Waals surface area contributed by atoms with Crippen LogP contribution in [0, 0.1) is 22.7 Å². The molecule has 1 saturated heterocycles. The molecule has 2 aliphatic carbocycles. The maximum atomic E-state index is 12.9. The van der Waals surface area contributed by atoms with Gasteiger partial charge >= 0.3 is 0 Å². The average molecular weight is 447 g/mol. The Hall–Kier alpha value is -1.67. The van der Waals surface area contributed by atoms with Crippen LogP contribution in [-0.2, 0) is 20.8 Å². The highest BCUT2D eigenvalue weighted by Crippen LogP contribution is 2.62. The number of hydrogen-bond acceptors (Lipinski definition) is 6. The minimum atomic E-state index is -0.467. The summed E-state index contributed by atoms with van der Waals surface area (Å²) in [6, 6.07) is 7.68. The zero-order valence-corrected chi connectivity index (χ0v) is 19.5. The lowest BCUT2D eigenvalue weighted by atomic mass is 9.46. The van der Waals surface area contributed by atoms with Gasteiger partial charge in [-0.05, 0) is 60.6 Å². The Bertz CT molecular complexity index is 802. The van der Waals surface area contributed by atoms with Crippen LogP contribution in [0.4, 0.5) is 0 Å². The predicted molar refractivity (Wildman–Crippen MR) is 121 cm³/mol. The van der Waals surface area contributed by atoms with E-state index in [9.17, 15) is 9.90 Å². The Labute approximate surface area is 191 Å². The van der Waals surface area contributed by atoms with Gasteiger partial charge in [0.25, 0.3) is 0 Å². The molecule has 1 aliphatic heterocycles. The van der Waals surface area contributed by atoms with Gasteiger partial charge in [0, 0.05) is 24.9 Å². The van der Waals surface area contributed by atoms with E-state index in [4.69, 9.17) is 19.9 Å². The molecule has 0 bridgehead atoms. The van der Waals surface area contributed by atoms with E-state index in [0.29, 0.717) is 38.5 Å². The number of benzene rings is 1. The number of fused-ring (bicyclic) bond motifs is 3. The largest absolute Gasteiger partial charge is 0.497 e. The van der Waals surface area contributed by atoms with Gasteiger partial charge in [0.15, 0.2) is 6.29 Å². The Morgan fingerprint density at radius 2 is 1.97 bits per heavy atom. The van der Waals surface area contributed by atoms with E-state index in [1.54, 1.807) is 7.11 Å². The highest BCUT2D eigenvalue weighted by atomic mass is 16.7. The summed E-state index contributed by atoms with van der Waals surface area (Å²) in [5.74, 6) is 1.03. The van der Waals surface area contributed by atoms with Crippen molar-refractivity contribution in [3.8, 4) is 5.75 Å². The second kappa shape index (κ2) is 9.29. The lowest BCUT2D eigenvalue weighted by molar-refractivity contribution is -0.305. The molecule has 178 valence electrons. The second-order valence-corrected chi connectivity index (χ2v) is 10.3. The zero-order valence-electron chi connectivity index (χ0n) is 19.5. The van der Waals surface area contributed by atoms with Gasteiger partial charge in [-0.1, -0.05) is 26.0 Å². The lowest BCUT2D eigenvalue weighted by Gasteiger charge is -2.62. The fourth-order valence-corrected chi connectivity index (χ4v) is 6.63. The number of hydrogen-bond donors (Lipinski definition) is 3. The highest BCUT2D eigenvalue weighted by Gasteiger charge is 2.61. The Morgan fingerprint density at radius 3 is 2.66 bits per heavy atom. The molecule has 7 atom stereocenters. The van der Waals surface area contributed by atoms with Crippen molar-refractivity contribution in [1.29, 1.82) is 0 Å². The number of aliphatic hydroxyl groups is 1. The molecule has 4 N–H and O–H groups in total. The molecule has 32 heavy (non-hydrogen) atoms. The summed E-state index contributed by atoms with van der Waals surface area (Å²) >= 11 is 0. The average Bonchev–Trinajstić information content (AvgIpc) is 2.80. The number of ether oxygens (including phenoxy) is 3. The van der Waals surface area contributed by atoms with Gasteiger partial charge in [0.05, 0.1) is 25.9 Å². The van der Waals surface area contributed by atoms with Gasteiger partial charge in [0.1, 0.15) is 5.75 Å². The molecule has 4 rings (SSSR count). The molecule has 1 aromatic rings. The lowest BCUT2D eigenvalue weighted by Crippen LogP contribution is -2.63. The van der Waals surface area contributed by atoms with E-state index < -0.39 is 6.10 Å². The molecule has 1 heterocycles. The van der Waals surface area contributed by atoms with Gasteiger partial charge in [-0.25, -0.2) is 0 Å². The summed E-state index contributed by atoms with van der Waals surface area (Å²) in [6.45, 7) is 5.97. The van der Waals surface area contributed by atoms with E-state index >= 15 is 0 Å². The number of nitrogens with one attached hydrogen (secondary N) is 1. The van der Waals surface area contributed by atoms with Crippen molar-refractivity contribution in [3.63, 3.8) is 0 Å². The predicted octanol–water partition coefficient (Wildman–Crippen LogP) is 2.60. The van der Waals surface area contributed by atoms with E-state index in [0.717, 1.165) is 30.6 Å². The first kappa shape index (κ1) is 23.5. The molecule has 1 unspecified atom stereocenters. The summed E-state index contributed by atoms with van der Waals surface area (Å²) in [6.07, 6.45) is 3.12. The third-order valence-electron chi connectivity index (χ3n) is 8.48. The van der Waals surface area contributed by atoms with E-state index in [1.165, 1.54) is 0 Å². The van der Waals surface area contributed by atoms with Crippen LogP contribution < -0.4 is 15.8 Å². The normalized spacial score (nSPS) is 39.0. The fourth-order valence-electron chi connectivity index (χ4n) is 6.63. The molecular formula is C25H38N2O5. The molecule has 1 amide bonds. The first-order chi connectivity index (χ1) is 15.3. The van der Waals surface area contributed by atoms with Crippen LogP contribution in [0.25, 0.3) is 0 Å². The van der Waals surface area contributed by atoms with Crippen molar-refractivity contribution in [2.75, 3.05) is 20.3 Å². The van der Waals surface area contributed by atoms with Crippen molar-refractivity contribution >= 4 is 5.91 Å².